The first-order chi connectivity index (χ1) is 20.5. The van der Waals surface area contributed by atoms with Gasteiger partial charge in [0.15, 0.2) is 0 Å². The zero-order chi connectivity index (χ0) is 39.1. The van der Waals surface area contributed by atoms with Crippen LogP contribution in [0.2, 0.25) is 0 Å². The molecule has 48 heavy (non-hydrogen) atoms. The van der Waals surface area contributed by atoms with Crippen LogP contribution < -0.4 is 0 Å². The summed E-state index contributed by atoms with van der Waals surface area (Å²) in [6.45, 7) is 0. The smallest absolute Gasteiger partial charge is 0.324 e. The minimum Gasteiger partial charge on any atom is -0.324 e. The molecule has 0 bridgehead atoms. The summed E-state index contributed by atoms with van der Waals surface area (Å²) >= 11 is 0. The van der Waals surface area contributed by atoms with Crippen LogP contribution in [-0.4, -0.2) is 157 Å². The highest BCUT2D eigenvalue weighted by Gasteiger charge is 2.59. The van der Waals surface area contributed by atoms with Gasteiger partial charge in [0.1, 0.15) is 30.4 Å². The fourth-order valence-electron chi connectivity index (χ4n) is 4.11. The van der Waals surface area contributed by atoms with E-state index in [1.165, 1.54) is 0 Å². The summed E-state index contributed by atoms with van der Waals surface area (Å²) in [4.78, 5) is 174. The molecule has 0 aliphatic rings. The van der Waals surface area contributed by atoms with E-state index >= 15 is 0 Å². The van der Waals surface area contributed by atoms with Gasteiger partial charge in [-0.25, -0.2) is 9.13 Å². The van der Waals surface area contributed by atoms with E-state index in [4.69, 9.17) is 0 Å². The normalized spacial score (nSPS) is 17.9. The van der Waals surface area contributed by atoms with Crippen LogP contribution in [0.1, 0.15) is 0 Å². The van der Waals surface area contributed by atoms with Crippen LogP contribution in [0.3, 0.4) is 0 Å². The van der Waals surface area contributed by atoms with Crippen LogP contribution >= 0.6 is 68.7 Å². The fourth-order valence-corrected chi connectivity index (χ4v) is 15.6. The third-order valence-corrected chi connectivity index (χ3v) is 14.7. The van der Waals surface area contributed by atoms with Crippen molar-refractivity contribution in [3.8, 4) is 0 Å². The van der Waals surface area contributed by atoms with Crippen molar-refractivity contribution >= 4 is 68.7 Å². The van der Waals surface area contributed by atoms with E-state index in [1.807, 2.05) is 0 Å². The Hall–Kier alpha value is 1.23. The molecule has 0 saturated heterocycles. The molecule has 30 nitrogen and oxygen atoms in total. The van der Waals surface area contributed by atoms with Crippen LogP contribution in [0.4, 0.5) is 0 Å². The van der Waals surface area contributed by atoms with Crippen LogP contribution in [0, 0.1) is 0 Å². The summed E-state index contributed by atoms with van der Waals surface area (Å²) in [5.74, 6) is -7.82. The van der Waals surface area contributed by atoms with Crippen molar-refractivity contribution in [1.29, 1.82) is 0 Å². The van der Waals surface area contributed by atoms with E-state index in [-0.39, 0.29) is 0 Å². The Kier molecular flexibility index (Phi) is 16.7. The molecule has 4 atom stereocenters. The molecule has 0 rings (SSSR count). The predicted molar refractivity (Wildman–Crippen MR) is 153 cm³/mol. The molecule has 0 amide bonds. The van der Waals surface area contributed by atoms with E-state index in [0.29, 0.717) is 0 Å². The second-order valence-electron chi connectivity index (χ2n) is 9.67. The quantitative estimate of drug-likeness (QED) is 0.0513. The zero-order valence-electron chi connectivity index (χ0n) is 22.9. The SMILES string of the molecule is O=P(O)(O)CC(C(N(CP(=O)(O)O)P(=O)(O)O)P(=O)(O)O)N(CP(=O)(O)O)C(CP(=O)(O)O)C(N(CP(=O)(O)O)P(=O)(O)O)P(=O)(O)O. The Morgan fingerprint density at radius 1 is 0.354 bits per heavy atom. The number of nitrogens with zero attached hydrogens (tertiary/aromatic N) is 3. The van der Waals surface area contributed by atoms with Gasteiger partial charge >= 0.3 is 68.7 Å². The molecular formula is C9H32N3O27P9. The Morgan fingerprint density at radius 2 is 0.583 bits per heavy atom. The van der Waals surface area contributed by atoms with Crippen molar-refractivity contribution < 1.29 is 129 Å². The van der Waals surface area contributed by atoms with Gasteiger partial charge in [0, 0.05) is 12.1 Å². The van der Waals surface area contributed by atoms with Crippen LogP contribution in [0.5, 0.6) is 0 Å². The Bertz CT molecular complexity index is 1460. The largest absolute Gasteiger partial charge is 0.404 e. The van der Waals surface area contributed by atoms with Gasteiger partial charge in [-0.3, -0.25) is 36.9 Å². The lowest BCUT2D eigenvalue weighted by molar-refractivity contribution is 0.0842. The van der Waals surface area contributed by atoms with Crippen molar-refractivity contribution in [3.05, 3.63) is 0 Å². The minimum atomic E-state index is -6.75. The van der Waals surface area contributed by atoms with E-state index in [2.05, 4.69) is 0 Å². The highest BCUT2D eigenvalue weighted by atomic mass is 31.2. The van der Waals surface area contributed by atoms with Crippen molar-refractivity contribution in [1.82, 2.24) is 14.2 Å². The molecule has 0 aliphatic heterocycles. The lowest BCUT2D eigenvalue weighted by Gasteiger charge is -2.48. The summed E-state index contributed by atoms with van der Waals surface area (Å²) in [5, 5.41) is 0. The van der Waals surface area contributed by atoms with Crippen molar-refractivity contribution in [2.45, 2.75) is 23.6 Å². The predicted octanol–water partition coefficient (Wildman–Crippen LogP) is -4.42. The van der Waals surface area contributed by atoms with E-state index < -0.39 is 138 Å². The van der Waals surface area contributed by atoms with E-state index in [0.717, 1.165) is 0 Å². The molecule has 18 N–H and O–H groups in total. The third-order valence-electron chi connectivity index (χ3n) is 5.37. The minimum absolute atomic E-state index is 0.795. The number of hydrogen-bond donors (Lipinski definition) is 18. The van der Waals surface area contributed by atoms with Gasteiger partial charge in [-0.2, -0.15) is 9.34 Å². The topological polar surface area (TPSA) is 527 Å². The molecule has 0 radical (unpaired) electrons. The van der Waals surface area contributed by atoms with Crippen molar-refractivity contribution in [2.75, 3.05) is 31.2 Å². The van der Waals surface area contributed by atoms with Crippen LogP contribution in [0.15, 0.2) is 0 Å². The third kappa shape index (κ3) is 18.3. The first-order valence-electron chi connectivity index (χ1n) is 11.2. The van der Waals surface area contributed by atoms with Crippen LogP contribution in [0.25, 0.3) is 0 Å². The maximum Gasteiger partial charge on any atom is 0.404 e. The molecule has 0 heterocycles. The van der Waals surface area contributed by atoms with Gasteiger partial charge in [-0.1, -0.05) is 0 Å². The summed E-state index contributed by atoms with van der Waals surface area (Å²) < 4.78 is 108. The van der Waals surface area contributed by atoms with Crippen LogP contribution in [-0.2, 0) is 41.1 Å². The highest BCUT2D eigenvalue weighted by molar-refractivity contribution is 7.58. The molecule has 0 saturated carbocycles. The lowest BCUT2D eigenvalue weighted by Crippen LogP contribution is -2.61. The summed E-state index contributed by atoms with van der Waals surface area (Å²) in [6, 6.07) is -7.23. The second kappa shape index (κ2) is 16.3. The second-order valence-corrected chi connectivity index (χ2v) is 24.4. The van der Waals surface area contributed by atoms with Gasteiger partial charge in [0.25, 0.3) is 0 Å². The van der Waals surface area contributed by atoms with E-state index in [1.54, 1.807) is 0 Å². The molecule has 290 valence electrons. The fraction of sp³-hybridized carbons (Fsp3) is 1.00. The van der Waals surface area contributed by atoms with Gasteiger partial charge in [-0.15, -0.1) is 0 Å². The molecule has 0 aromatic rings. The molecule has 0 fully saturated rings. The molecule has 0 aliphatic carbocycles. The Labute approximate surface area is 267 Å². The molecule has 39 heteroatoms. The standard InChI is InChI=1S/C9H32N3O27P9/c13-40(14,15)1-6(8(45(28,29)30)11(47(34,35)36)4-43(22,23)24)10(3-42(19,20)21)7(2-41(16,17)18)9(46(31,32)33)12(48(37,38)39)5-44(25,26)27/h6-9H,1-5H2,(H2,13,14,15)(H2,16,17,18)(H2,19,20,21)(H2,22,23,24)(H2,25,26,27)(H2,28,29,30)(H2,31,32,33)(H2,34,35,36)(H2,37,38,39). The zero-order valence-corrected chi connectivity index (χ0v) is 31.0. The molecule has 0 aromatic heterocycles. The highest BCUT2D eigenvalue weighted by Crippen LogP contribution is 2.63. The van der Waals surface area contributed by atoms with Gasteiger partial charge in [0.2, 0.25) is 0 Å². The molecule has 0 aromatic carbocycles. The van der Waals surface area contributed by atoms with Crippen molar-refractivity contribution in [2.24, 2.45) is 0 Å². The summed E-state index contributed by atoms with van der Waals surface area (Å²) in [5.41, 5.74) is 0. The van der Waals surface area contributed by atoms with Gasteiger partial charge in [-0.05, 0) is 0 Å². The number of hydrogen-bond acceptors (Lipinski definition) is 10. The number of rotatable bonds is 20. The van der Waals surface area contributed by atoms with E-state index in [9.17, 15) is 129 Å². The van der Waals surface area contributed by atoms with Gasteiger partial charge < -0.3 is 88.1 Å². The lowest BCUT2D eigenvalue weighted by atomic mass is 10.2. The summed E-state index contributed by atoms with van der Waals surface area (Å²) in [6.07, 6.45) is -12.4. The monoisotopic (exact) mass is 893 g/mol. The Morgan fingerprint density at radius 3 is 0.729 bits per heavy atom. The first-order valence-corrected chi connectivity index (χ1v) is 26.7. The maximum atomic E-state index is 12.7. The Balaban J connectivity index is 8.78. The average molecular weight is 893 g/mol. The average Bonchev–Trinajstić information content (AvgIpc) is 2.67. The molecule has 4 unspecified atom stereocenters. The van der Waals surface area contributed by atoms with Crippen molar-refractivity contribution in [3.63, 3.8) is 0 Å². The molecular weight excluding hydrogens is 861 g/mol. The maximum absolute atomic E-state index is 12.7. The first kappa shape index (κ1) is 49.2. The van der Waals surface area contributed by atoms with Gasteiger partial charge in [0.05, 0.1) is 12.3 Å². The summed E-state index contributed by atoms with van der Waals surface area (Å²) in [7, 11) is -57.2. The molecule has 0 spiro atoms.